The number of anilines is 1. The molecule has 0 bridgehead atoms. The molecule has 0 aliphatic rings. The summed E-state index contributed by atoms with van der Waals surface area (Å²) in [5, 5.41) is 0. The molecule has 0 atom stereocenters. The van der Waals surface area contributed by atoms with E-state index in [0.717, 1.165) is 5.56 Å². The molecule has 0 spiro atoms. The molecule has 4 nitrogen and oxygen atoms in total. The molecule has 1 aromatic carbocycles. The lowest BCUT2D eigenvalue weighted by molar-refractivity contribution is -0.130. The smallest absolute Gasteiger partial charge is 0.259 e. The first-order chi connectivity index (χ1) is 7.02. The van der Waals surface area contributed by atoms with Gasteiger partial charge in [0.1, 0.15) is 5.75 Å². The SMILES string of the molecule is Cc1cccc(OCC(=O)N(C)C)c1N. The Labute approximate surface area is 89.6 Å². The number of ether oxygens (including phenoxy) is 1. The van der Waals surface area contributed by atoms with E-state index in [4.69, 9.17) is 10.5 Å². The molecular weight excluding hydrogens is 192 g/mol. The fourth-order valence-corrected chi connectivity index (χ4v) is 1.05. The minimum atomic E-state index is -0.0871. The fourth-order valence-electron chi connectivity index (χ4n) is 1.05. The maximum Gasteiger partial charge on any atom is 0.259 e. The van der Waals surface area contributed by atoms with E-state index in [-0.39, 0.29) is 12.5 Å². The minimum Gasteiger partial charge on any atom is -0.482 e. The molecule has 1 aromatic rings. The van der Waals surface area contributed by atoms with Gasteiger partial charge < -0.3 is 15.4 Å². The number of amides is 1. The lowest BCUT2D eigenvalue weighted by Gasteiger charge is -2.13. The molecular formula is C11H16N2O2. The van der Waals surface area contributed by atoms with Gasteiger partial charge in [0.25, 0.3) is 5.91 Å². The summed E-state index contributed by atoms with van der Waals surface area (Å²) in [7, 11) is 3.37. The fraction of sp³-hybridized carbons (Fsp3) is 0.364. The predicted octanol–water partition coefficient (Wildman–Crippen LogP) is 1.04. The number of aryl methyl sites for hydroxylation is 1. The van der Waals surface area contributed by atoms with Gasteiger partial charge >= 0.3 is 0 Å². The highest BCUT2D eigenvalue weighted by molar-refractivity contribution is 5.77. The Balaban J connectivity index is 2.66. The van der Waals surface area contributed by atoms with E-state index in [2.05, 4.69) is 0 Å². The molecule has 0 aliphatic heterocycles. The molecule has 0 aromatic heterocycles. The molecule has 0 saturated carbocycles. The van der Waals surface area contributed by atoms with Gasteiger partial charge in [-0.2, -0.15) is 0 Å². The van der Waals surface area contributed by atoms with Crippen LogP contribution in [0.15, 0.2) is 18.2 Å². The second-order valence-corrected chi connectivity index (χ2v) is 3.56. The first-order valence-electron chi connectivity index (χ1n) is 4.70. The van der Waals surface area contributed by atoms with Crippen LogP contribution in [0.5, 0.6) is 5.75 Å². The summed E-state index contributed by atoms with van der Waals surface area (Å²) < 4.78 is 5.32. The average Bonchev–Trinajstić information content (AvgIpc) is 2.19. The first kappa shape index (κ1) is 11.4. The number of nitrogen functional groups attached to an aromatic ring is 1. The van der Waals surface area contributed by atoms with Crippen LogP contribution >= 0.6 is 0 Å². The second-order valence-electron chi connectivity index (χ2n) is 3.56. The van der Waals surface area contributed by atoms with Gasteiger partial charge in [-0.3, -0.25) is 4.79 Å². The third kappa shape index (κ3) is 2.87. The van der Waals surface area contributed by atoms with Crippen LogP contribution < -0.4 is 10.5 Å². The summed E-state index contributed by atoms with van der Waals surface area (Å²) in [5.41, 5.74) is 7.33. The number of carbonyl (C=O) groups excluding carboxylic acids is 1. The van der Waals surface area contributed by atoms with Gasteiger partial charge in [-0.1, -0.05) is 12.1 Å². The van der Waals surface area contributed by atoms with Gasteiger partial charge in [-0.25, -0.2) is 0 Å². The van der Waals surface area contributed by atoms with Gasteiger partial charge in [0.15, 0.2) is 6.61 Å². The normalized spacial score (nSPS) is 9.80. The maximum atomic E-state index is 11.3. The Morgan fingerprint density at radius 2 is 2.13 bits per heavy atom. The van der Waals surface area contributed by atoms with Crippen LogP contribution in [0.3, 0.4) is 0 Å². The number of rotatable bonds is 3. The van der Waals surface area contributed by atoms with Gasteiger partial charge in [0.2, 0.25) is 0 Å². The van der Waals surface area contributed by atoms with Crippen molar-refractivity contribution in [3.63, 3.8) is 0 Å². The molecule has 2 N–H and O–H groups in total. The van der Waals surface area contributed by atoms with Crippen LogP contribution in [0, 0.1) is 6.92 Å². The summed E-state index contributed by atoms with van der Waals surface area (Å²) in [6.45, 7) is 1.91. The molecule has 0 radical (unpaired) electrons. The predicted molar refractivity (Wildman–Crippen MR) is 59.8 cm³/mol. The summed E-state index contributed by atoms with van der Waals surface area (Å²) in [6, 6.07) is 5.50. The van der Waals surface area contributed by atoms with E-state index in [1.54, 1.807) is 20.2 Å². The third-order valence-electron chi connectivity index (χ3n) is 2.13. The van der Waals surface area contributed by atoms with Crippen molar-refractivity contribution in [1.29, 1.82) is 0 Å². The minimum absolute atomic E-state index is 0.0145. The van der Waals surface area contributed by atoms with Crippen molar-refractivity contribution >= 4 is 11.6 Å². The largest absolute Gasteiger partial charge is 0.482 e. The zero-order chi connectivity index (χ0) is 11.4. The van der Waals surface area contributed by atoms with E-state index in [1.165, 1.54) is 4.90 Å². The highest BCUT2D eigenvalue weighted by Gasteiger charge is 2.07. The molecule has 15 heavy (non-hydrogen) atoms. The van der Waals surface area contributed by atoms with Crippen molar-refractivity contribution in [1.82, 2.24) is 4.90 Å². The number of para-hydroxylation sites is 1. The van der Waals surface area contributed by atoms with Gasteiger partial charge in [-0.15, -0.1) is 0 Å². The van der Waals surface area contributed by atoms with E-state index in [1.807, 2.05) is 19.1 Å². The zero-order valence-electron chi connectivity index (χ0n) is 9.28. The van der Waals surface area contributed by atoms with E-state index in [9.17, 15) is 4.79 Å². The molecule has 0 fully saturated rings. The summed E-state index contributed by atoms with van der Waals surface area (Å²) >= 11 is 0. The van der Waals surface area contributed by atoms with Crippen molar-refractivity contribution in [2.45, 2.75) is 6.92 Å². The number of nitrogens with zero attached hydrogens (tertiary/aromatic N) is 1. The number of carbonyl (C=O) groups is 1. The molecule has 1 amide bonds. The van der Waals surface area contributed by atoms with Crippen molar-refractivity contribution in [3.05, 3.63) is 23.8 Å². The maximum absolute atomic E-state index is 11.3. The lowest BCUT2D eigenvalue weighted by Crippen LogP contribution is -2.27. The molecule has 0 saturated heterocycles. The molecule has 0 heterocycles. The van der Waals surface area contributed by atoms with Crippen molar-refractivity contribution < 1.29 is 9.53 Å². The van der Waals surface area contributed by atoms with Crippen LogP contribution in [-0.2, 0) is 4.79 Å². The number of hydrogen-bond donors (Lipinski definition) is 1. The molecule has 0 aliphatic carbocycles. The quantitative estimate of drug-likeness (QED) is 0.755. The van der Waals surface area contributed by atoms with Crippen LogP contribution in [-0.4, -0.2) is 31.5 Å². The number of benzene rings is 1. The van der Waals surface area contributed by atoms with Crippen LogP contribution in [0.1, 0.15) is 5.56 Å². The van der Waals surface area contributed by atoms with Crippen molar-refractivity contribution in [2.24, 2.45) is 0 Å². The number of hydrogen-bond acceptors (Lipinski definition) is 3. The first-order valence-corrected chi connectivity index (χ1v) is 4.70. The van der Waals surface area contributed by atoms with Gasteiger partial charge in [-0.05, 0) is 18.6 Å². The zero-order valence-corrected chi connectivity index (χ0v) is 9.28. The third-order valence-corrected chi connectivity index (χ3v) is 2.13. The van der Waals surface area contributed by atoms with E-state index in [0.29, 0.717) is 11.4 Å². The Morgan fingerprint density at radius 1 is 1.47 bits per heavy atom. The topological polar surface area (TPSA) is 55.6 Å². The highest BCUT2D eigenvalue weighted by Crippen LogP contribution is 2.24. The molecule has 0 unspecified atom stereocenters. The lowest BCUT2D eigenvalue weighted by atomic mass is 10.2. The number of likely N-dealkylation sites (N-methyl/N-ethyl adjacent to an activating group) is 1. The Kier molecular flexibility index (Phi) is 3.55. The van der Waals surface area contributed by atoms with E-state index >= 15 is 0 Å². The van der Waals surface area contributed by atoms with Crippen LogP contribution in [0.4, 0.5) is 5.69 Å². The molecule has 1 rings (SSSR count). The summed E-state index contributed by atoms with van der Waals surface area (Å²) in [4.78, 5) is 12.8. The second kappa shape index (κ2) is 4.68. The summed E-state index contributed by atoms with van der Waals surface area (Å²) in [6.07, 6.45) is 0. The Bertz CT molecular complexity index is 362. The van der Waals surface area contributed by atoms with Crippen molar-refractivity contribution in [2.75, 3.05) is 26.4 Å². The van der Waals surface area contributed by atoms with E-state index < -0.39 is 0 Å². The summed E-state index contributed by atoms with van der Waals surface area (Å²) in [5.74, 6) is 0.473. The van der Waals surface area contributed by atoms with Crippen LogP contribution in [0.2, 0.25) is 0 Å². The van der Waals surface area contributed by atoms with Gasteiger partial charge in [0.05, 0.1) is 5.69 Å². The molecule has 4 heteroatoms. The Hall–Kier alpha value is -1.71. The monoisotopic (exact) mass is 208 g/mol. The van der Waals surface area contributed by atoms with Crippen LogP contribution in [0.25, 0.3) is 0 Å². The number of nitrogens with two attached hydrogens (primary N) is 1. The van der Waals surface area contributed by atoms with Gasteiger partial charge in [0, 0.05) is 14.1 Å². The van der Waals surface area contributed by atoms with Crippen molar-refractivity contribution in [3.8, 4) is 5.75 Å². The standard InChI is InChI=1S/C11H16N2O2/c1-8-5-4-6-9(11(8)12)15-7-10(14)13(2)3/h4-6H,7,12H2,1-3H3. The molecule has 82 valence electrons. The average molecular weight is 208 g/mol. The Morgan fingerprint density at radius 3 is 2.73 bits per heavy atom. The highest BCUT2D eigenvalue weighted by atomic mass is 16.5.